The van der Waals surface area contributed by atoms with Gasteiger partial charge < -0.3 is 14.2 Å². The summed E-state index contributed by atoms with van der Waals surface area (Å²) in [5, 5.41) is 1.11. The average Bonchev–Trinajstić information content (AvgIpc) is 2.55. The molecule has 3 rings (SSSR count). The van der Waals surface area contributed by atoms with Crippen molar-refractivity contribution in [3.05, 3.63) is 45.8 Å². The molecule has 1 fully saturated rings. The van der Waals surface area contributed by atoms with E-state index in [1.165, 1.54) is 38.3 Å². The number of hydrogen-bond donors (Lipinski definition) is 2. The molecule has 2 aromatic rings. The third-order valence-electron chi connectivity index (χ3n) is 5.12. The minimum atomic E-state index is -0.234. The van der Waals surface area contributed by atoms with E-state index >= 15 is 0 Å². The van der Waals surface area contributed by atoms with E-state index in [2.05, 4.69) is 32.9 Å². The van der Waals surface area contributed by atoms with Crippen molar-refractivity contribution >= 4 is 11.0 Å². The molecule has 0 spiro atoms. The Balaban J connectivity index is 1.90. The van der Waals surface area contributed by atoms with Crippen LogP contribution in [-0.2, 0) is 6.54 Å². The number of nitrogens with one attached hydrogen (secondary N) is 2. The molecule has 0 bridgehead atoms. The number of hydrogen-bond acceptors (Lipinski definition) is 2. The normalized spacial score (nSPS) is 21.9. The van der Waals surface area contributed by atoms with Gasteiger partial charge >= 0.3 is 5.63 Å². The lowest BCUT2D eigenvalue weighted by atomic mass is 9.99. The molecule has 0 aliphatic carbocycles. The fraction of sp³-hybridized carbons (Fsp3) is 0.526. The third-order valence-corrected chi connectivity index (χ3v) is 5.12. The molecule has 1 aromatic heterocycles. The van der Waals surface area contributed by atoms with Crippen LogP contribution in [0.3, 0.4) is 0 Å². The van der Waals surface area contributed by atoms with Gasteiger partial charge in [-0.1, -0.05) is 19.9 Å². The van der Waals surface area contributed by atoms with Gasteiger partial charge in [0.05, 0.1) is 6.54 Å². The maximum atomic E-state index is 11.9. The molecule has 1 aliphatic heterocycles. The molecule has 1 aliphatic rings. The molecule has 4 heteroatoms. The van der Waals surface area contributed by atoms with Crippen molar-refractivity contribution in [2.24, 2.45) is 0 Å². The van der Waals surface area contributed by atoms with Crippen LogP contribution in [0.25, 0.3) is 11.0 Å². The van der Waals surface area contributed by atoms with E-state index in [9.17, 15) is 4.79 Å². The van der Waals surface area contributed by atoms with Crippen molar-refractivity contribution in [1.29, 1.82) is 0 Å². The number of rotatable bonds is 4. The van der Waals surface area contributed by atoms with E-state index in [1.807, 2.05) is 6.07 Å². The number of benzene rings is 1. The lowest BCUT2D eigenvalue weighted by Crippen LogP contribution is -3.27. The first-order valence-electron chi connectivity index (χ1n) is 8.80. The summed E-state index contributed by atoms with van der Waals surface area (Å²) in [4.78, 5) is 15.1. The molecular weight excluding hydrogens is 288 g/mol. The van der Waals surface area contributed by atoms with Gasteiger partial charge in [-0.3, -0.25) is 0 Å². The molecule has 0 radical (unpaired) electrons. The smallest absolute Gasteiger partial charge is 0.336 e. The Labute approximate surface area is 137 Å². The van der Waals surface area contributed by atoms with E-state index in [0.717, 1.165) is 17.5 Å². The molecule has 2 heterocycles. The number of quaternary nitrogens is 2. The maximum Gasteiger partial charge on any atom is 0.336 e. The SMILES string of the molecule is CC[NH+]1CC[NH+](Cc2cc(=O)oc3ccc(C(C)C)cc23)CC1. The second kappa shape index (κ2) is 6.85. The number of piperazine rings is 1. The molecular formula is C19H28N2O2+2. The van der Waals surface area contributed by atoms with Crippen molar-refractivity contribution in [2.75, 3.05) is 32.7 Å². The van der Waals surface area contributed by atoms with Crippen LogP contribution in [0.5, 0.6) is 0 Å². The second-order valence-electron chi connectivity index (χ2n) is 7.03. The van der Waals surface area contributed by atoms with Crippen molar-refractivity contribution in [3.8, 4) is 0 Å². The highest BCUT2D eigenvalue weighted by molar-refractivity contribution is 5.80. The molecule has 1 saturated heterocycles. The molecule has 1 aromatic carbocycles. The van der Waals surface area contributed by atoms with E-state index in [0.29, 0.717) is 11.5 Å². The fourth-order valence-electron chi connectivity index (χ4n) is 3.51. The van der Waals surface area contributed by atoms with Crippen LogP contribution in [0.4, 0.5) is 0 Å². The molecule has 0 unspecified atom stereocenters. The van der Waals surface area contributed by atoms with Gasteiger partial charge in [-0.2, -0.15) is 0 Å². The fourth-order valence-corrected chi connectivity index (χ4v) is 3.51. The van der Waals surface area contributed by atoms with Crippen LogP contribution in [0, 0.1) is 0 Å². The van der Waals surface area contributed by atoms with Crippen molar-refractivity contribution in [2.45, 2.75) is 33.2 Å². The van der Waals surface area contributed by atoms with E-state index in [4.69, 9.17) is 4.42 Å². The highest BCUT2D eigenvalue weighted by atomic mass is 16.4. The standard InChI is InChI=1S/C19H26N2O2/c1-4-20-7-9-21(10-8-20)13-16-12-19(22)23-18-6-5-15(14(2)3)11-17(16)18/h5-6,11-12,14H,4,7-10,13H2,1-3H3/p+2. The van der Waals surface area contributed by atoms with Gasteiger partial charge in [-0.05, 0) is 30.5 Å². The summed E-state index contributed by atoms with van der Waals surface area (Å²) in [6.45, 7) is 13.6. The molecule has 2 N–H and O–H groups in total. The summed E-state index contributed by atoms with van der Waals surface area (Å²) >= 11 is 0. The second-order valence-corrected chi connectivity index (χ2v) is 7.03. The van der Waals surface area contributed by atoms with Gasteiger partial charge in [0.2, 0.25) is 0 Å². The molecule has 0 saturated carbocycles. The van der Waals surface area contributed by atoms with Crippen LogP contribution in [-0.4, -0.2) is 32.7 Å². The Bertz CT molecular complexity index is 728. The Morgan fingerprint density at radius 2 is 1.78 bits per heavy atom. The number of likely N-dealkylation sites (N-methyl/N-ethyl adjacent to an activating group) is 1. The maximum absolute atomic E-state index is 11.9. The first-order valence-corrected chi connectivity index (χ1v) is 8.80. The predicted octanol–water partition coefficient (Wildman–Crippen LogP) is 0.220. The third kappa shape index (κ3) is 3.65. The van der Waals surface area contributed by atoms with Gasteiger partial charge in [0, 0.05) is 17.0 Å². The van der Waals surface area contributed by atoms with Crippen molar-refractivity contribution < 1.29 is 14.2 Å². The Kier molecular flexibility index (Phi) is 4.83. The van der Waals surface area contributed by atoms with Crippen LogP contribution >= 0.6 is 0 Å². The highest BCUT2D eigenvalue weighted by Crippen LogP contribution is 2.22. The first kappa shape index (κ1) is 16.2. The van der Waals surface area contributed by atoms with Crippen molar-refractivity contribution in [3.63, 3.8) is 0 Å². The van der Waals surface area contributed by atoms with Crippen LogP contribution in [0.1, 0.15) is 37.8 Å². The van der Waals surface area contributed by atoms with Gasteiger partial charge in [0.1, 0.15) is 38.3 Å². The summed E-state index contributed by atoms with van der Waals surface area (Å²) in [5.41, 5.74) is 2.91. The summed E-state index contributed by atoms with van der Waals surface area (Å²) in [7, 11) is 0. The van der Waals surface area contributed by atoms with Gasteiger partial charge in [0.25, 0.3) is 0 Å². The molecule has 4 nitrogen and oxygen atoms in total. The lowest BCUT2D eigenvalue weighted by Gasteiger charge is -2.29. The first-order chi connectivity index (χ1) is 11.1. The average molecular weight is 316 g/mol. The predicted molar refractivity (Wildman–Crippen MR) is 92.2 cm³/mol. The van der Waals surface area contributed by atoms with Crippen LogP contribution < -0.4 is 15.4 Å². The minimum absolute atomic E-state index is 0.234. The topological polar surface area (TPSA) is 39.1 Å². The zero-order valence-corrected chi connectivity index (χ0v) is 14.4. The molecule has 0 atom stereocenters. The summed E-state index contributed by atoms with van der Waals surface area (Å²) < 4.78 is 5.39. The molecule has 0 amide bonds. The van der Waals surface area contributed by atoms with Crippen LogP contribution in [0.2, 0.25) is 0 Å². The van der Waals surface area contributed by atoms with E-state index in [-0.39, 0.29) is 5.63 Å². The quantitative estimate of drug-likeness (QED) is 0.792. The largest absolute Gasteiger partial charge is 0.423 e. The Morgan fingerprint density at radius 1 is 1.09 bits per heavy atom. The Morgan fingerprint density at radius 3 is 2.43 bits per heavy atom. The summed E-state index contributed by atoms with van der Waals surface area (Å²) in [6.07, 6.45) is 0. The summed E-state index contributed by atoms with van der Waals surface area (Å²) in [6, 6.07) is 7.91. The monoisotopic (exact) mass is 316 g/mol. The van der Waals surface area contributed by atoms with E-state index < -0.39 is 0 Å². The van der Waals surface area contributed by atoms with Crippen molar-refractivity contribution in [1.82, 2.24) is 0 Å². The zero-order chi connectivity index (χ0) is 16.4. The lowest BCUT2D eigenvalue weighted by molar-refractivity contribution is -1.02. The van der Waals surface area contributed by atoms with Gasteiger partial charge in [0.15, 0.2) is 0 Å². The highest BCUT2D eigenvalue weighted by Gasteiger charge is 2.22. The van der Waals surface area contributed by atoms with Gasteiger partial charge in [-0.15, -0.1) is 0 Å². The Hall–Kier alpha value is -1.65. The van der Waals surface area contributed by atoms with Gasteiger partial charge in [-0.25, -0.2) is 4.79 Å². The van der Waals surface area contributed by atoms with Crippen LogP contribution in [0.15, 0.2) is 33.5 Å². The minimum Gasteiger partial charge on any atom is -0.423 e. The van der Waals surface area contributed by atoms with E-state index in [1.54, 1.807) is 15.9 Å². The molecule has 124 valence electrons. The zero-order valence-electron chi connectivity index (χ0n) is 14.4. The summed E-state index contributed by atoms with van der Waals surface area (Å²) in [5.74, 6) is 0.475. The number of fused-ring (bicyclic) bond motifs is 1. The molecule has 23 heavy (non-hydrogen) atoms.